The number of anilines is 3. The first-order chi connectivity index (χ1) is 23.2. The van der Waals surface area contributed by atoms with Crippen LogP contribution in [0.1, 0.15) is 19.7 Å². The summed E-state index contributed by atoms with van der Waals surface area (Å²) in [4.78, 5) is 72.4. The van der Waals surface area contributed by atoms with Crippen molar-refractivity contribution in [2.45, 2.75) is 37.4 Å². The van der Waals surface area contributed by atoms with Crippen LogP contribution in [0, 0.1) is 0 Å². The number of fused-ring (bicyclic) bond motifs is 1. The minimum atomic E-state index is -4.92. The van der Waals surface area contributed by atoms with Gasteiger partial charge in [0.25, 0.3) is 11.8 Å². The molecule has 0 aromatic carbocycles. The lowest BCUT2D eigenvalue weighted by Crippen LogP contribution is -2.71. The highest BCUT2D eigenvalue weighted by atomic mass is 32.3. The van der Waals surface area contributed by atoms with E-state index in [4.69, 9.17) is 39.6 Å². The Kier molecular flexibility index (Phi) is 12.3. The third-order valence-electron chi connectivity index (χ3n) is 6.60. The minimum absolute atomic E-state index is 0.00361. The second kappa shape index (κ2) is 15.6. The van der Waals surface area contributed by atoms with Gasteiger partial charge in [-0.25, -0.2) is 22.8 Å². The SMILES string of the molecule is Cn1c(N)c(NC(=O)NCCN)c[n+]1CC1=C(C(=O)O)N2C(=O)[C@@H](NC(=O)C(=NOC(C)(C)C(=O)O)c3nsc(N)n3)[C@H]2SC1.O=S(=O)([O-])O. The van der Waals surface area contributed by atoms with Crippen LogP contribution < -0.4 is 37.8 Å². The van der Waals surface area contributed by atoms with Crippen molar-refractivity contribution in [3.8, 4) is 0 Å². The topological polar surface area (TPSA) is 377 Å². The zero-order valence-electron chi connectivity index (χ0n) is 26.2. The lowest BCUT2D eigenvalue weighted by molar-refractivity contribution is -0.765. The van der Waals surface area contributed by atoms with Gasteiger partial charge in [0.2, 0.25) is 33.7 Å². The predicted octanol–water partition coefficient (Wildman–Crippen LogP) is -3.56. The number of thioether (sulfide) groups is 1. The summed E-state index contributed by atoms with van der Waals surface area (Å²) in [5.74, 6) is -4.28. The summed E-state index contributed by atoms with van der Waals surface area (Å²) in [5.41, 5.74) is 15.2. The van der Waals surface area contributed by atoms with Crippen LogP contribution in [0.5, 0.6) is 0 Å². The Balaban J connectivity index is 0.00000126. The second-order valence-electron chi connectivity index (χ2n) is 10.6. The van der Waals surface area contributed by atoms with Crippen molar-refractivity contribution in [2.24, 2.45) is 17.9 Å². The number of carbonyl (C=O) groups is 5. The molecule has 4 amide bonds. The maximum atomic E-state index is 13.3. The van der Waals surface area contributed by atoms with Gasteiger partial charge in [0.05, 0.1) is 7.05 Å². The van der Waals surface area contributed by atoms with Crippen LogP contribution in [-0.4, -0.2) is 118 Å². The van der Waals surface area contributed by atoms with E-state index in [1.807, 2.05) is 0 Å². The third-order valence-corrected chi connectivity index (χ3v) is 8.49. The number of rotatable bonds is 12. The number of hydrogen-bond acceptors (Lipinski definition) is 17. The number of amides is 4. The van der Waals surface area contributed by atoms with E-state index in [2.05, 4.69) is 30.5 Å². The van der Waals surface area contributed by atoms with Crippen molar-refractivity contribution in [2.75, 3.05) is 35.6 Å². The van der Waals surface area contributed by atoms with Crippen LogP contribution in [-0.2, 0) is 48.0 Å². The van der Waals surface area contributed by atoms with Crippen molar-refractivity contribution in [3.05, 3.63) is 23.3 Å². The van der Waals surface area contributed by atoms with Gasteiger partial charge in [0.1, 0.15) is 17.1 Å². The molecule has 0 bridgehead atoms. The van der Waals surface area contributed by atoms with Crippen LogP contribution >= 0.6 is 23.3 Å². The Morgan fingerprint density at radius 2 is 1.90 bits per heavy atom. The average Bonchev–Trinajstić information content (AvgIpc) is 3.55. The van der Waals surface area contributed by atoms with Crippen molar-refractivity contribution in [1.82, 2.24) is 29.6 Å². The zero-order chi connectivity index (χ0) is 37.7. The van der Waals surface area contributed by atoms with Crippen LogP contribution in [0.2, 0.25) is 0 Å². The van der Waals surface area contributed by atoms with Gasteiger partial charge in [0, 0.05) is 35.9 Å². The number of urea groups is 1. The maximum absolute atomic E-state index is 13.3. The average molecular weight is 765 g/mol. The molecule has 0 saturated carbocycles. The number of nitrogens with zero attached hydrogens (tertiary/aromatic N) is 6. The van der Waals surface area contributed by atoms with E-state index in [9.17, 15) is 34.2 Å². The van der Waals surface area contributed by atoms with E-state index >= 15 is 0 Å². The molecule has 27 heteroatoms. The first-order valence-corrected chi connectivity index (χ1v) is 16.9. The molecule has 50 heavy (non-hydrogen) atoms. The van der Waals surface area contributed by atoms with Gasteiger partial charge in [-0.2, -0.15) is 9.36 Å². The molecule has 2 aromatic heterocycles. The Labute approximate surface area is 290 Å². The zero-order valence-corrected chi connectivity index (χ0v) is 28.7. The van der Waals surface area contributed by atoms with Crippen molar-refractivity contribution in [3.63, 3.8) is 0 Å². The normalized spacial score (nSPS) is 17.5. The molecule has 4 heterocycles. The quantitative estimate of drug-likeness (QED) is 0.0252. The molecule has 0 spiro atoms. The second-order valence-corrected chi connectivity index (χ2v) is 13.3. The van der Waals surface area contributed by atoms with E-state index in [0.717, 1.165) is 16.4 Å². The van der Waals surface area contributed by atoms with Gasteiger partial charge >= 0.3 is 18.0 Å². The summed E-state index contributed by atoms with van der Waals surface area (Å²) in [6, 6.07) is -1.68. The lowest BCUT2D eigenvalue weighted by Gasteiger charge is -2.49. The summed E-state index contributed by atoms with van der Waals surface area (Å²) in [7, 11) is -3.30. The van der Waals surface area contributed by atoms with Crippen LogP contribution in [0.15, 0.2) is 22.6 Å². The monoisotopic (exact) mass is 764 g/mol. The molecule has 1 fully saturated rings. The number of oxime groups is 1. The first kappa shape index (κ1) is 39.3. The van der Waals surface area contributed by atoms with Gasteiger partial charge < -0.3 is 47.4 Å². The highest BCUT2D eigenvalue weighted by molar-refractivity contribution is 8.00. The smallest absolute Gasteiger partial charge is 0.352 e. The highest BCUT2D eigenvalue weighted by Gasteiger charge is 2.55. The summed E-state index contributed by atoms with van der Waals surface area (Å²) < 4.78 is 39.8. The molecule has 2 aromatic rings. The van der Waals surface area contributed by atoms with Crippen LogP contribution in [0.4, 0.5) is 21.4 Å². The number of nitrogens with one attached hydrogen (secondary N) is 3. The number of carbonyl (C=O) groups excluding carboxylic acids is 3. The van der Waals surface area contributed by atoms with E-state index in [0.29, 0.717) is 5.57 Å². The number of carboxylic acids is 2. The molecular weight excluding hydrogens is 733 g/mol. The summed E-state index contributed by atoms with van der Waals surface area (Å²) in [5, 5.41) is 29.9. The molecular formula is C23H32N12O12S3. The summed E-state index contributed by atoms with van der Waals surface area (Å²) in [6.07, 6.45) is 1.52. The lowest BCUT2D eigenvalue weighted by atomic mass is 10.0. The Bertz CT molecular complexity index is 1850. The predicted molar refractivity (Wildman–Crippen MR) is 172 cm³/mol. The van der Waals surface area contributed by atoms with Crippen molar-refractivity contribution < 1.29 is 61.2 Å². The number of nitrogens with two attached hydrogens (primary N) is 3. The number of β-lactam (4-membered cyclic amide) rings is 1. The van der Waals surface area contributed by atoms with Gasteiger partial charge in [-0.15, -0.1) is 21.1 Å². The molecule has 2 aliphatic heterocycles. The minimum Gasteiger partial charge on any atom is -0.726 e. The van der Waals surface area contributed by atoms with E-state index < -0.39 is 62.9 Å². The molecule has 1 saturated heterocycles. The molecule has 2 aliphatic rings. The molecule has 2 atom stereocenters. The van der Waals surface area contributed by atoms with Gasteiger partial charge in [-0.1, -0.05) is 5.16 Å². The van der Waals surface area contributed by atoms with Crippen molar-refractivity contribution in [1.29, 1.82) is 0 Å². The number of aliphatic carboxylic acids is 2. The Morgan fingerprint density at radius 1 is 1.26 bits per heavy atom. The largest absolute Gasteiger partial charge is 0.726 e. The fourth-order valence-electron chi connectivity index (χ4n) is 4.14. The van der Waals surface area contributed by atoms with E-state index in [1.54, 1.807) is 11.7 Å². The van der Waals surface area contributed by atoms with Crippen LogP contribution in [0.3, 0.4) is 0 Å². The molecule has 0 aliphatic carbocycles. The molecule has 12 N–H and O–H groups in total. The molecule has 4 rings (SSSR count). The van der Waals surface area contributed by atoms with Gasteiger partial charge in [-0.05, 0) is 13.8 Å². The van der Waals surface area contributed by atoms with Crippen LogP contribution in [0.25, 0.3) is 0 Å². The maximum Gasteiger partial charge on any atom is 0.352 e. The van der Waals surface area contributed by atoms with Gasteiger partial charge in [-0.3, -0.25) is 24.4 Å². The number of aromatic nitrogens is 4. The summed E-state index contributed by atoms with van der Waals surface area (Å²) in [6.45, 7) is 2.92. The summed E-state index contributed by atoms with van der Waals surface area (Å²) >= 11 is 1.96. The van der Waals surface area contributed by atoms with E-state index in [1.165, 1.54) is 36.5 Å². The number of carboxylic acid groups (broad SMARTS) is 2. The first-order valence-electron chi connectivity index (χ1n) is 13.7. The highest BCUT2D eigenvalue weighted by Crippen LogP contribution is 2.40. The molecule has 24 nitrogen and oxygen atoms in total. The fourth-order valence-corrected chi connectivity index (χ4v) is 5.91. The molecule has 0 radical (unpaired) electrons. The standard InChI is InChI=1S/C23H30N12O8S2.H2O4S/c1-23(2,20(40)41)43-31-11(15-30-21(26)45-32-15)16(36)29-12-17(37)35-13(19(38)39)9(8-44-18(12)35)6-34-7-10(14(25)33(34)3)28-22(42)27-5-4-24;1-5(2,3)4/h7,12,18,25H,4-6,8,24H2,1-3H3,(H7,26,27,28,29,30,32,36,38,39,40,41,42);(H2,1,2,3,4)/t12-,18-;/m1./s1. The van der Waals surface area contributed by atoms with Crippen molar-refractivity contribution >= 4 is 85.8 Å². The van der Waals surface area contributed by atoms with E-state index in [-0.39, 0.29) is 53.5 Å². The number of nitrogen functional groups attached to an aromatic ring is 2. The Hall–Kier alpha value is -5.09. The number of hydrogen-bond donors (Lipinski definition) is 9. The Morgan fingerprint density at radius 3 is 2.44 bits per heavy atom. The third kappa shape index (κ3) is 9.53. The fraction of sp³-hybridized carbons (Fsp3) is 0.435. The van der Waals surface area contributed by atoms with Gasteiger partial charge in [0.15, 0.2) is 23.2 Å². The molecule has 0 unspecified atom stereocenters. The molecule has 274 valence electrons.